The van der Waals surface area contributed by atoms with Gasteiger partial charge < -0.3 is 4.90 Å². The van der Waals surface area contributed by atoms with Crippen LogP contribution in [0, 0.1) is 11.3 Å². The highest BCUT2D eigenvalue weighted by molar-refractivity contribution is 5.91. The SMILES string of the molecule is CN(C(=O)/C=C\c1cccc(C#N)c1)C1CCCCC1. The van der Waals surface area contributed by atoms with Crippen molar-refractivity contribution in [1.29, 1.82) is 5.26 Å². The standard InChI is InChI=1S/C17H20N2O/c1-19(16-8-3-2-4-9-16)17(20)11-10-14-6-5-7-15(12-14)13-18/h5-7,10-12,16H,2-4,8-9H2,1H3/b11-10-. The van der Waals surface area contributed by atoms with Crippen LogP contribution in [0.25, 0.3) is 6.08 Å². The molecule has 0 heterocycles. The van der Waals surface area contributed by atoms with E-state index in [1.807, 2.05) is 24.1 Å². The molecule has 0 bridgehead atoms. The summed E-state index contributed by atoms with van der Waals surface area (Å²) in [6.45, 7) is 0. The Morgan fingerprint density at radius 2 is 2.10 bits per heavy atom. The lowest BCUT2D eigenvalue weighted by Crippen LogP contribution is -2.37. The first-order valence-corrected chi connectivity index (χ1v) is 7.16. The van der Waals surface area contributed by atoms with Crippen molar-refractivity contribution >= 4 is 12.0 Å². The highest BCUT2D eigenvalue weighted by Crippen LogP contribution is 2.21. The Morgan fingerprint density at radius 3 is 2.80 bits per heavy atom. The fourth-order valence-electron chi connectivity index (χ4n) is 2.65. The Balaban J connectivity index is 1.99. The summed E-state index contributed by atoms with van der Waals surface area (Å²) in [5.74, 6) is 0.0410. The lowest BCUT2D eigenvalue weighted by Gasteiger charge is -2.30. The third kappa shape index (κ3) is 3.71. The predicted molar refractivity (Wildman–Crippen MR) is 79.8 cm³/mol. The van der Waals surface area contributed by atoms with Crippen molar-refractivity contribution in [3.63, 3.8) is 0 Å². The molecule has 1 saturated carbocycles. The van der Waals surface area contributed by atoms with Crippen molar-refractivity contribution in [2.24, 2.45) is 0 Å². The highest BCUT2D eigenvalue weighted by Gasteiger charge is 2.20. The van der Waals surface area contributed by atoms with Crippen LogP contribution in [-0.4, -0.2) is 23.9 Å². The van der Waals surface area contributed by atoms with Crippen LogP contribution in [0.4, 0.5) is 0 Å². The van der Waals surface area contributed by atoms with Crippen molar-refractivity contribution in [2.45, 2.75) is 38.1 Å². The van der Waals surface area contributed by atoms with Crippen LogP contribution in [-0.2, 0) is 4.79 Å². The van der Waals surface area contributed by atoms with E-state index in [9.17, 15) is 4.79 Å². The van der Waals surface area contributed by atoms with Crippen LogP contribution in [0.3, 0.4) is 0 Å². The first-order valence-electron chi connectivity index (χ1n) is 7.16. The molecular formula is C17H20N2O. The third-order valence-electron chi connectivity index (χ3n) is 3.90. The minimum atomic E-state index is 0.0410. The highest BCUT2D eigenvalue weighted by atomic mass is 16.2. The Hall–Kier alpha value is -2.08. The summed E-state index contributed by atoms with van der Waals surface area (Å²) in [6, 6.07) is 9.74. The van der Waals surface area contributed by atoms with E-state index in [0.29, 0.717) is 11.6 Å². The number of hydrogen-bond donors (Lipinski definition) is 0. The van der Waals surface area contributed by atoms with Gasteiger partial charge in [-0.1, -0.05) is 31.4 Å². The average Bonchev–Trinajstić information content (AvgIpc) is 2.53. The lowest BCUT2D eigenvalue weighted by molar-refractivity contribution is -0.127. The molecule has 1 aromatic carbocycles. The molecule has 0 unspecified atom stereocenters. The maximum atomic E-state index is 12.1. The van der Waals surface area contributed by atoms with Gasteiger partial charge in [-0.05, 0) is 36.6 Å². The molecule has 0 aliphatic heterocycles. The summed E-state index contributed by atoms with van der Waals surface area (Å²) in [5.41, 5.74) is 1.50. The fourth-order valence-corrected chi connectivity index (χ4v) is 2.65. The van der Waals surface area contributed by atoms with Crippen molar-refractivity contribution in [1.82, 2.24) is 4.90 Å². The van der Waals surface area contributed by atoms with E-state index >= 15 is 0 Å². The molecule has 1 aromatic rings. The molecule has 1 aliphatic carbocycles. The van der Waals surface area contributed by atoms with E-state index in [1.54, 1.807) is 24.3 Å². The smallest absolute Gasteiger partial charge is 0.246 e. The second kappa shape index (κ2) is 6.91. The molecule has 1 aliphatic rings. The molecule has 3 nitrogen and oxygen atoms in total. The Bertz CT molecular complexity index is 536. The van der Waals surface area contributed by atoms with E-state index < -0.39 is 0 Å². The van der Waals surface area contributed by atoms with Gasteiger partial charge >= 0.3 is 0 Å². The lowest BCUT2D eigenvalue weighted by atomic mass is 9.94. The third-order valence-corrected chi connectivity index (χ3v) is 3.90. The van der Waals surface area contributed by atoms with Gasteiger partial charge in [0.05, 0.1) is 11.6 Å². The maximum absolute atomic E-state index is 12.1. The molecule has 0 atom stereocenters. The van der Waals surface area contributed by atoms with Gasteiger partial charge in [0.1, 0.15) is 0 Å². The molecule has 2 rings (SSSR count). The number of benzene rings is 1. The van der Waals surface area contributed by atoms with Crippen LogP contribution in [0.2, 0.25) is 0 Å². The summed E-state index contributed by atoms with van der Waals surface area (Å²) < 4.78 is 0. The number of hydrogen-bond acceptors (Lipinski definition) is 2. The first-order chi connectivity index (χ1) is 9.70. The predicted octanol–water partition coefficient (Wildman–Crippen LogP) is 3.36. The van der Waals surface area contributed by atoms with Gasteiger partial charge in [0.25, 0.3) is 0 Å². The monoisotopic (exact) mass is 268 g/mol. The number of likely N-dealkylation sites (N-methyl/N-ethyl adjacent to an activating group) is 1. The number of carbonyl (C=O) groups is 1. The van der Waals surface area contributed by atoms with E-state index in [-0.39, 0.29) is 5.91 Å². The van der Waals surface area contributed by atoms with Gasteiger partial charge in [-0.25, -0.2) is 0 Å². The summed E-state index contributed by atoms with van der Waals surface area (Å²) >= 11 is 0. The Kier molecular flexibility index (Phi) is 4.95. The van der Waals surface area contributed by atoms with Gasteiger partial charge in [-0.15, -0.1) is 0 Å². The first kappa shape index (κ1) is 14.3. The molecule has 3 heteroatoms. The molecule has 20 heavy (non-hydrogen) atoms. The van der Waals surface area contributed by atoms with E-state index in [4.69, 9.17) is 5.26 Å². The van der Waals surface area contributed by atoms with Crippen LogP contribution < -0.4 is 0 Å². The van der Waals surface area contributed by atoms with Crippen molar-refractivity contribution in [3.8, 4) is 6.07 Å². The normalized spacial score (nSPS) is 16.0. The molecule has 0 aromatic heterocycles. The summed E-state index contributed by atoms with van der Waals surface area (Å²) in [6.07, 6.45) is 9.33. The fraction of sp³-hybridized carbons (Fsp3) is 0.412. The largest absolute Gasteiger partial charge is 0.339 e. The van der Waals surface area contributed by atoms with Gasteiger partial charge in [-0.2, -0.15) is 5.26 Å². The number of nitrogens with zero attached hydrogens (tertiary/aromatic N) is 2. The number of rotatable bonds is 3. The van der Waals surface area contributed by atoms with E-state index in [0.717, 1.165) is 18.4 Å². The molecular weight excluding hydrogens is 248 g/mol. The minimum Gasteiger partial charge on any atom is -0.339 e. The zero-order chi connectivity index (χ0) is 14.4. The molecule has 0 N–H and O–H groups in total. The second-order valence-corrected chi connectivity index (χ2v) is 5.31. The van der Waals surface area contributed by atoms with Gasteiger partial charge in [-0.3, -0.25) is 4.79 Å². The molecule has 104 valence electrons. The Labute approximate surface area is 120 Å². The number of nitriles is 1. The van der Waals surface area contributed by atoms with Gasteiger partial charge in [0.15, 0.2) is 0 Å². The second-order valence-electron chi connectivity index (χ2n) is 5.31. The maximum Gasteiger partial charge on any atom is 0.246 e. The van der Waals surface area contributed by atoms with E-state index in [2.05, 4.69) is 6.07 Å². The van der Waals surface area contributed by atoms with Crippen LogP contribution in [0.5, 0.6) is 0 Å². The summed E-state index contributed by atoms with van der Waals surface area (Å²) in [5, 5.41) is 8.85. The van der Waals surface area contributed by atoms with Gasteiger partial charge in [0, 0.05) is 19.2 Å². The van der Waals surface area contributed by atoms with Crippen LogP contribution >= 0.6 is 0 Å². The average molecular weight is 268 g/mol. The van der Waals surface area contributed by atoms with Crippen molar-refractivity contribution in [3.05, 3.63) is 41.5 Å². The van der Waals surface area contributed by atoms with Crippen LogP contribution in [0.1, 0.15) is 43.2 Å². The molecule has 1 amide bonds. The zero-order valence-electron chi connectivity index (χ0n) is 11.9. The van der Waals surface area contributed by atoms with Crippen molar-refractivity contribution < 1.29 is 4.79 Å². The quantitative estimate of drug-likeness (QED) is 0.789. The number of carbonyl (C=O) groups excluding carboxylic acids is 1. The zero-order valence-corrected chi connectivity index (χ0v) is 11.9. The molecule has 0 saturated heterocycles. The van der Waals surface area contributed by atoms with E-state index in [1.165, 1.54) is 19.3 Å². The van der Waals surface area contributed by atoms with Crippen LogP contribution in [0.15, 0.2) is 30.3 Å². The number of amides is 1. The minimum absolute atomic E-state index is 0.0410. The Morgan fingerprint density at radius 1 is 1.35 bits per heavy atom. The summed E-state index contributed by atoms with van der Waals surface area (Å²) in [4.78, 5) is 14.0. The molecule has 0 spiro atoms. The topological polar surface area (TPSA) is 44.1 Å². The van der Waals surface area contributed by atoms with Gasteiger partial charge in [0.2, 0.25) is 5.91 Å². The molecule has 0 radical (unpaired) electrons. The summed E-state index contributed by atoms with van der Waals surface area (Å²) in [7, 11) is 1.88. The molecule has 1 fully saturated rings. The van der Waals surface area contributed by atoms with Crippen molar-refractivity contribution in [2.75, 3.05) is 7.05 Å².